The molecule has 1 spiro atoms. The number of hydrogen-bond donors (Lipinski definition) is 1. The van der Waals surface area contributed by atoms with Crippen LogP contribution in [-0.2, 0) is 0 Å². The average molecular weight is 309 g/mol. The SMILES string of the molecule is O=C(O)c1cc(N2CCC3(CCCCC3)CC2)ncc1Cl. The Balaban J connectivity index is 1.72. The first kappa shape index (κ1) is 14.6. The van der Waals surface area contributed by atoms with E-state index < -0.39 is 5.97 Å². The van der Waals surface area contributed by atoms with Gasteiger partial charge in [-0.3, -0.25) is 0 Å². The number of hydrogen-bond acceptors (Lipinski definition) is 3. The van der Waals surface area contributed by atoms with Crippen molar-refractivity contribution in [3.05, 3.63) is 22.8 Å². The highest BCUT2D eigenvalue weighted by Gasteiger charge is 2.35. The van der Waals surface area contributed by atoms with Crippen LogP contribution in [0.2, 0.25) is 5.02 Å². The van der Waals surface area contributed by atoms with E-state index >= 15 is 0 Å². The minimum absolute atomic E-state index is 0.139. The van der Waals surface area contributed by atoms with Crippen LogP contribution in [0.15, 0.2) is 12.3 Å². The van der Waals surface area contributed by atoms with E-state index in [2.05, 4.69) is 9.88 Å². The van der Waals surface area contributed by atoms with Crippen molar-refractivity contribution in [1.29, 1.82) is 0 Å². The molecule has 2 fully saturated rings. The highest BCUT2D eigenvalue weighted by Crippen LogP contribution is 2.45. The van der Waals surface area contributed by atoms with Crippen LogP contribution in [-0.4, -0.2) is 29.1 Å². The molecule has 0 atom stereocenters. The largest absolute Gasteiger partial charge is 0.478 e. The fourth-order valence-electron chi connectivity index (χ4n) is 3.78. The maximum atomic E-state index is 11.2. The minimum Gasteiger partial charge on any atom is -0.478 e. The summed E-state index contributed by atoms with van der Waals surface area (Å²) < 4.78 is 0. The predicted molar refractivity (Wildman–Crippen MR) is 83.2 cm³/mol. The topological polar surface area (TPSA) is 53.4 Å². The third kappa shape index (κ3) is 3.00. The number of aromatic carboxylic acids is 1. The van der Waals surface area contributed by atoms with E-state index in [1.165, 1.54) is 51.1 Å². The Labute approximate surface area is 130 Å². The highest BCUT2D eigenvalue weighted by molar-refractivity contribution is 6.33. The van der Waals surface area contributed by atoms with Crippen molar-refractivity contribution in [2.45, 2.75) is 44.9 Å². The van der Waals surface area contributed by atoms with Gasteiger partial charge in [0.1, 0.15) is 5.82 Å². The second kappa shape index (κ2) is 5.84. The number of carboxylic acids is 1. The van der Waals surface area contributed by atoms with Crippen molar-refractivity contribution in [2.24, 2.45) is 5.41 Å². The van der Waals surface area contributed by atoms with Crippen molar-refractivity contribution >= 4 is 23.4 Å². The number of rotatable bonds is 2. The molecular formula is C16H21ClN2O2. The summed E-state index contributed by atoms with van der Waals surface area (Å²) in [6.07, 6.45) is 10.7. The Morgan fingerprint density at radius 3 is 2.48 bits per heavy atom. The summed E-state index contributed by atoms with van der Waals surface area (Å²) in [7, 11) is 0. The summed E-state index contributed by atoms with van der Waals surface area (Å²) in [6, 6.07) is 1.60. The summed E-state index contributed by atoms with van der Waals surface area (Å²) >= 11 is 5.88. The van der Waals surface area contributed by atoms with Crippen LogP contribution in [0.25, 0.3) is 0 Å². The monoisotopic (exact) mass is 308 g/mol. The van der Waals surface area contributed by atoms with Gasteiger partial charge in [0.05, 0.1) is 10.6 Å². The molecule has 0 bridgehead atoms. The molecular weight excluding hydrogens is 288 g/mol. The van der Waals surface area contributed by atoms with E-state index in [9.17, 15) is 4.79 Å². The van der Waals surface area contributed by atoms with Gasteiger partial charge in [-0.05, 0) is 37.2 Å². The standard InChI is InChI=1S/C16H21ClN2O2/c17-13-11-18-14(10-12(13)15(20)21)19-8-6-16(7-9-19)4-2-1-3-5-16/h10-11H,1-9H2,(H,20,21). The molecule has 0 amide bonds. The van der Waals surface area contributed by atoms with Crippen molar-refractivity contribution in [3.8, 4) is 0 Å². The zero-order chi connectivity index (χ0) is 14.9. The molecule has 3 rings (SSSR count). The van der Waals surface area contributed by atoms with Crippen molar-refractivity contribution in [2.75, 3.05) is 18.0 Å². The molecule has 4 nitrogen and oxygen atoms in total. The van der Waals surface area contributed by atoms with Gasteiger partial charge in [0.25, 0.3) is 0 Å². The third-order valence-electron chi connectivity index (χ3n) is 5.13. The number of halogens is 1. The molecule has 2 aliphatic rings. The summed E-state index contributed by atoms with van der Waals surface area (Å²) in [5, 5.41) is 9.36. The maximum Gasteiger partial charge on any atom is 0.337 e. The van der Waals surface area contributed by atoms with Crippen LogP contribution in [0.3, 0.4) is 0 Å². The van der Waals surface area contributed by atoms with Gasteiger partial charge in [0.2, 0.25) is 0 Å². The number of carbonyl (C=O) groups is 1. The molecule has 0 aromatic carbocycles. The van der Waals surface area contributed by atoms with Crippen LogP contribution >= 0.6 is 11.6 Å². The van der Waals surface area contributed by atoms with Crippen molar-refractivity contribution in [1.82, 2.24) is 4.98 Å². The molecule has 1 aliphatic carbocycles. The molecule has 0 radical (unpaired) electrons. The van der Waals surface area contributed by atoms with Gasteiger partial charge in [0.15, 0.2) is 0 Å². The van der Waals surface area contributed by atoms with E-state index in [-0.39, 0.29) is 10.6 Å². The summed E-state index contributed by atoms with van der Waals surface area (Å²) in [5.41, 5.74) is 0.677. The average Bonchev–Trinajstić information content (AvgIpc) is 2.49. The summed E-state index contributed by atoms with van der Waals surface area (Å²) in [5.74, 6) is -0.258. The van der Waals surface area contributed by atoms with E-state index in [0.29, 0.717) is 5.41 Å². The molecule has 2 heterocycles. The Morgan fingerprint density at radius 2 is 1.86 bits per heavy atom. The predicted octanol–water partition coefficient (Wildman–Crippen LogP) is 3.98. The zero-order valence-electron chi connectivity index (χ0n) is 12.1. The quantitative estimate of drug-likeness (QED) is 0.897. The number of carboxylic acid groups (broad SMARTS) is 1. The number of anilines is 1. The molecule has 1 saturated heterocycles. The summed E-state index contributed by atoms with van der Waals surface area (Å²) in [6.45, 7) is 1.93. The number of piperidine rings is 1. The van der Waals surface area contributed by atoms with Gasteiger partial charge in [0, 0.05) is 19.3 Å². The van der Waals surface area contributed by atoms with Crippen LogP contribution in [0, 0.1) is 5.41 Å². The molecule has 1 aliphatic heterocycles. The van der Waals surface area contributed by atoms with Crippen LogP contribution in [0.5, 0.6) is 0 Å². The molecule has 1 aromatic rings. The zero-order valence-corrected chi connectivity index (χ0v) is 12.9. The second-order valence-electron chi connectivity index (χ2n) is 6.38. The van der Waals surface area contributed by atoms with Crippen LogP contribution in [0.1, 0.15) is 55.3 Å². The van der Waals surface area contributed by atoms with Gasteiger partial charge >= 0.3 is 5.97 Å². The van der Waals surface area contributed by atoms with Gasteiger partial charge in [-0.1, -0.05) is 30.9 Å². The lowest BCUT2D eigenvalue weighted by molar-refractivity contribution is 0.0697. The fraction of sp³-hybridized carbons (Fsp3) is 0.625. The lowest BCUT2D eigenvalue weighted by atomic mass is 9.68. The Bertz CT molecular complexity index is 531. The van der Waals surface area contributed by atoms with Gasteiger partial charge < -0.3 is 10.0 Å². The number of aromatic nitrogens is 1. The molecule has 5 heteroatoms. The van der Waals surface area contributed by atoms with Crippen LogP contribution < -0.4 is 4.90 Å². The van der Waals surface area contributed by atoms with E-state index in [1.807, 2.05) is 0 Å². The van der Waals surface area contributed by atoms with Crippen molar-refractivity contribution < 1.29 is 9.90 Å². The third-order valence-corrected chi connectivity index (χ3v) is 5.43. The molecule has 114 valence electrons. The maximum absolute atomic E-state index is 11.2. The second-order valence-corrected chi connectivity index (χ2v) is 6.78. The first-order valence-electron chi connectivity index (χ1n) is 7.73. The van der Waals surface area contributed by atoms with E-state index in [4.69, 9.17) is 16.7 Å². The molecule has 1 saturated carbocycles. The van der Waals surface area contributed by atoms with Crippen molar-refractivity contribution in [3.63, 3.8) is 0 Å². The Kier molecular flexibility index (Phi) is 4.07. The number of pyridine rings is 1. The first-order chi connectivity index (χ1) is 10.1. The van der Waals surface area contributed by atoms with Gasteiger partial charge in [-0.25, -0.2) is 9.78 Å². The molecule has 21 heavy (non-hydrogen) atoms. The number of nitrogens with zero attached hydrogens (tertiary/aromatic N) is 2. The minimum atomic E-state index is -0.996. The lowest BCUT2D eigenvalue weighted by Crippen LogP contribution is -2.41. The molecule has 1 N–H and O–H groups in total. The lowest BCUT2D eigenvalue weighted by Gasteiger charge is -2.44. The smallest absolute Gasteiger partial charge is 0.337 e. The molecule has 1 aromatic heterocycles. The Hall–Kier alpha value is -1.29. The van der Waals surface area contributed by atoms with E-state index in [0.717, 1.165) is 18.9 Å². The highest BCUT2D eigenvalue weighted by atomic mass is 35.5. The normalized spacial score (nSPS) is 21.5. The van der Waals surface area contributed by atoms with Crippen LogP contribution in [0.4, 0.5) is 5.82 Å². The fourth-order valence-corrected chi connectivity index (χ4v) is 3.96. The Morgan fingerprint density at radius 1 is 1.19 bits per heavy atom. The van der Waals surface area contributed by atoms with Gasteiger partial charge in [-0.2, -0.15) is 0 Å². The van der Waals surface area contributed by atoms with Gasteiger partial charge in [-0.15, -0.1) is 0 Å². The first-order valence-corrected chi connectivity index (χ1v) is 8.11. The summed E-state index contributed by atoms with van der Waals surface area (Å²) in [4.78, 5) is 17.7. The molecule has 0 unspecified atom stereocenters. The van der Waals surface area contributed by atoms with E-state index in [1.54, 1.807) is 6.07 Å².